The minimum atomic E-state index is 0.440. The van der Waals surface area contributed by atoms with Gasteiger partial charge in [-0.3, -0.25) is 14.8 Å². The molecule has 3 saturated heterocycles. The Labute approximate surface area is 231 Å². The lowest BCUT2D eigenvalue weighted by atomic mass is 9.73. The molecule has 39 heavy (non-hydrogen) atoms. The van der Waals surface area contributed by atoms with E-state index in [4.69, 9.17) is 18.8 Å². The van der Waals surface area contributed by atoms with Crippen molar-refractivity contribution in [1.29, 1.82) is 0 Å². The summed E-state index contributed by atoms with van der Waals surface area (Å²) in [6.45, 7) is 9.30. The van der Waals surface area contributed by atoms with Crippen LogP contribution in [0.4, 0.5) is 0 Å². The molecule has 0 N–H and O–H groups in total. The minimum absolute atomic E-state index is 0.440. The summed E-state index contributed by atoms with van der Waals surface area (Å²) in [6, 6.07) is 14.9. The van der Waals surface area contributed by atoms with Gasteiger partial charge in [-0.2, -0.15) is 0 Å². The highest BCUT2D eigenvalue weighted by Gasteiger charge is 2.42. The molecule has 7 heteroatoms. The first kappa shape index (κ1) is 26.0. The Bertz CT molecular complexity index is 1270. The van der Waals surface area contributed by atoms with Crippen LogP contribution in [0, 0.1) is 5.92 Å². The Morgan fingerprint density at radius 3 is 2.28 bits per heavy atom. The van der Waals surface area contributed by atoms with Crippen LogP contribution in [0.25, 0.3) is 11.4 Å². The number of aromatic nitrogens is 3. The number of nitrogens with zero attached hydrogens (tertiary/aromatic N) is 5. The maximum Gasteiger partial charge on any atom is 0.159 e. The van der Waals surface area contributed by atoms with Crippen LogP contribution in [-0.4, -0.2) is 50.4 Å². The van der Waals surface area contributed by atoms with Gasteiger partial charge in [-0.15, -0.1) is 0 Å². The van der Waals surface area contributed by atoms with Gasteiger partial charge < -0.3 is 8.83 Å². The maximum absolute atomic E-state index is 5.70. The van der Waals surface area contributed by atoms with Crippen LogP contribution in [0.3, 0.4) is 0 Å². The predicted molar refractivity (Wildman–Crippen MR) is 151 cm³/mol. The molecule has 3 aliphatic heterocycles. The molecule has 2 bridgehead atoms. The summed E-state index contributed by atoms with van der Waals surface area (Å²) in [6.07, 6.45) is 11.8. The van der Waals surface area contributed by atoms with E-state index in [1.165, 1.54) is 24.2 Å². The van der Waals surface area contributed by atoms with E-state index in [1.807, 2.05) is 36.7 Å². The van der Waals surface area contributed by atoms with Crippen LogP contribution < -0.4 is 0 Å². The lowest BCUT2D eigenvalue weighted by Gasteiger charge is -2.50. The van der Waals surface area contributed by atoms with Gasteiger partial charge in [0, 0.05) is 60.3 Å². The average molecular weight is 526 g/mol. The zero-order chi connectivity index (χ0) is 26.6. The fraction of sp³-hybridized carbons (Fsp3) is 0.469. The van der Waals surface area contributed by atoms with Gasteiger partial charge in [-0.25, -0.2) is 9.97 Å². The fourth-order valence-electron chi connectivity index (χ4n) is 6.61. The highest BCUT2D eigenvalue weighted by Crippen LogP contribution is 2.42. The molecule has 0 saturated carbocycles. The highest BCUT2D eigenvalue weighted by atomic mass is 16.3. The molecule has 7 heterocycles. The number of fused-ring (bicyclic) bond motifs is 3. The van der Waals surface area contributed by atoms with Gasteiger partial charge >= 0.3 is 0 Å². The first-order valence-corrected chi connectivity index (χ1v) is 14.5. The number of rotatable bonds is 11. The second-order valence-corrected chi connectivity index (χ2v) is 11.2. The third kappa shape index (κ3) is 5.85. The lowest BCUT2D eigenvalue weighted by Crippen LogP contribution is -2.56. The van der Waals surface area contributed by atoms with Gasteiger partial charge in [0.2, 0.25) is 0 Å². The van der Waals surface area contributed by atoms with Crippen molar-refractivity contribution in [1.82, 2.24) is 24.8 Å². The van der Waals surface area contributed by atoms with Crippen molar-refractivity contribution in [3.63, 3.8) is 0 Å². The summed E-state index contributed by atoms with van der Waals surface area (Å²) in [4.78, 5) is 19.6. The van der Waals surface area contributed by atoms with Crippen LogP contribution in [-0.2, 0) is 13.1 Å². The number of hydrogen-bond donors (Lipinski definition) is 0. The van der Waals surface area contributed by atoms with E-state index in [9.17, 15) is 0 Å². The monoisotopic (exact) mass is 525 g/mol. The second-order valence-electron chi connectivity index (χ2n) is 11.2. The summed E-state index contributed by atoms with van der Waals surface area (Å²) in [5.74, 6) is 4.35. The zero-order valence-electron chi connectivity index (χ0n) is 23.1. The summed E-state index contributed by atoms with van der Waals surface area (Å²) in [5.41, 5.74) is 3.45. The molecule has 0 aromatic carbocycles. The van der Waals surface area contributed by atoms with Gasteiger partial charge in [0.15, 0.2) is 5.82 Å². The Balaban J connectivity index is 1.23. The largest absolute Gasteiger partial charge is 0.468 e. The van der Waals surface area contributed by atoms with Gasteiger partial charge in [-0.05, 0) is 80.6 Å². The molecule has 4 aromatic heterocycles. The standard InChI is InChI=1S/C32H39N5O2/c1-3-23(4-2)30-18-31(35-32(34-30)24-9-12-33-13-10-24)29-22-37-14-11-25(29)17-26(37)19-36(20-27-7-5-15-38-27)21-28-8-6-16-39-28/h5-10,12-13,15-16,18,23,25-26,29H,3-4,11,14,17,19-22H2,1-2H3/t25-,26+,29-/m0/s1. The van der Waals surface area contributed by atoms with E-state index in [0.717, 1.165) is 68.5 Å². The van der Waals surface area contributed by atoms with Crippen LogP contribution in [0.15, 0.2) is 76.2 Å². The lowest BCUT2D eigenvalue weighted by molar-refractivity contribution is 0.00653. The first-order chi connectivity index (χ1) is 19.2. The molecule has 1 unspecified atom stereocenters. The van der Waals surface area contributed by atoms with Crippen molar-refractivity contribution < 1.29 is 8.83 Å². The van der Waals surface area contributed by atoms with Gasteiger partial charge in [0.1, 0.15) is 11.5 Å². The highest BCUT2D eigenvalue weighted by molar-refractivity contribution is 5.54. The molecule has 3 fully saturated rings. The van der Waals surface area contributed by atoms with Gasteiger partial charge in [0.25, 0.3) is 0 Å². The Morgan fingerprint density at radius 1 is 0.974 bits per heavy atom. The van der Waals surface area contributed by atoms with E-state index < -0.39 is 0 Å². The Morgan fingerprint density at radius 2 is 1.69 bits per heavy atom. The number of furan rings is 2. The molecule has 7 nitrogen and oxygen atoms in total. The van der Waals surface area contributed by atoms with E-state index in [-0.39, 0.29) is 0 Å². The molecule has 204 valence electrons. The predicted octanol–water partition coefficient (Wildman–Crippen LogP) is 6.51. The minimum Gasteiger partial charge on any atom is -0.468 e. The topological polar surface area (TPSA) is 71.4 Å². The van der Waals surface area contributed by atoms with Crippen LogP contribution >= 0.6 is 0 Å². The third-order valence-electron chi connectivity index (χ3n) is 8.75. The molecule has 4 atom stereocenters. The summed E-state index contributed by atoms with van der Waals surface area (Å²) >= 11 is 0. The number of hydrogen-bond acceptors (Lipinski definition) is 7. The molecule has 0 amide bonds. The average Bonchev–Trinajstić information content (AvgIpc) is 3.69. The molecule has 0 radical (unpaired) electrons. The zero-order valence-corrected chi connectivity index (χ0v) is 23.1. The van der Waals surface area contributed by atoms with E-state index in [1.54, 1.807) is 12.5 Å². The number of piperidine rings is 3. The van der Waals surface area contributed by atoms with Crippen LogP contribution in [0.2, 0.25) is 0 Å². The van der Waals surface area contributed by atoms with Crippen molar-refractivity contribution in [2.75, 3.05) is 19.6 Å². The SMILES string of the molecule is CCC(CC)c1cc([C@H]2CN3CC[C@H]2C[C@@H]3CN(Cc2ccco2)Cc2ccco2)nc(-c2ccncc2)n1. The van der Waals surface area contributed by atoms with Gasteiger partial charge in [0.05, 0.1) is 25.6 Å². The van der Waals surface area contributed by atoms with E-state index in [2.05, 4.69) is 46.8 Å². The van der Waals surface area contributed by atoms with Crippen molar-refractivity contribution in [3.8, 4) is 11.4 Å². The fourth-order valence-corrected chi connectivity index (χ4v) is 6.61. The molecular formula is C32H39N5O2. The molecular weight excluding hydrogens is 486 g/mol. The molecule has 0 spiro atoms. The van der Waals surface area contributed by atoms with Crippen LogP contribution in [0.5, 0.6) is 0 Å². The normalized spacial score (nSPS) is 22.7. The van der Waals surface area contributed by atoms with Crippen LogP contribution in [0.1, 0.15) is 74.3 Å². The van der Waals surface area contributed by atoms with E-state index >= 15 is 0 Å². The van der Waals surface area contributed by atoms with Crippen molar-refractivity contribution in [2.45, 2.75) is 70.5 Å². The Hall–Kier alpha value is -3.29. The van der Waals surface area contributed by atoms with E-state index in [0.29, 0.717) is 23.8 Å². The molecule has 4 aromatic rings. The summed E-state index contributed by atoms with van der Waals surface area (Å²) in [5, 5.41) is 0. The number of pyridine rings is 1. The van der Waals surface area contributed by atoms with Crippen molar-refractivity contribution in [2.24, 2.45) is 5.92 Å². The molecule has 0 aliphatic carbocycles. The third-order valence-corrected chi connectivity index (χ3v) is 8.75. The smallest absolute Gasteiger partial charge is 0.159 e. The molecule has 7 rings (SSSR count). The summed E-state index contributed by atoms with van der Waals surface area (Å²) < 4.78 is 11.4. The Kier molecular flexibility index (Phi) is 7.88. The second kappa shape index (κ2) is 11.8. The van der Waals surface area contributed by atoms with Crippen molar-refractivity contribution >= 4 is 0 Å². The first-order valence-electron chi connectivity index (χ1n) is 14.5. The molecule has 3 aliphatic rings. The quantitative estimate of drug-likeness (QED) is 0.221. The summed E-state index contributed by atoms with van der Waals surface area (Å²) in [7, 11) is 0. The maximum atomic E-state index is 5.70. The van der Waals surface area contributed by atoms with Gasteiger partial charge in [-0.1, -0.05) is 13.8 Å². The van der Waals surface area contributed by atoms with Crippen molar-refractivity contribution in [3.05, 3.63) is 90.3 Å².